The number of carbonyl (C=O) groups is 1. The van der Waals surface area contributed by atoms with Gasteiger partial charge in [-0.3, -0.25) is 19.6 Å². The van der Waals surface area contributed by atoms with Gasteiger partial charge in [0.15, 0.2) is 0 Å². The first kappa shape index (κ1) is 14.7. The van der Waals surface area contributed by atoms with E-state index in [9.17, 15) is 20.0 Å². The number of nitrogens with zero attached hydrogens (tertiary/aromatic N) is 3. The van der Waals surface area contributed by atoms with Crippen LogP contribution in [0.4, 0.5) is 5.69 Å². The third kappa shape index (κ3) is 3.06. The standard InChI is InChI=1S/C13H14N4O4/c1-16-12(11(7-14-16)17(20)21)13(19)15-10(8-18)9-5-3-2-4-6-9/h2-7,10,18H,8H2,1H3,(H,15,19)/t10-/m1/s1. The van der Waals surface area contributed by atoms with Gasteiger partial charge in [0.05, 0.1) is 17.6 Å². The molecule has 0 radical (unpaired) electrons. The van der Waals surface area contributed by atoms with Crippen LogP contribution in [0.5, 0.6) is 0 Å². The van der Waals surface area contributed by atoms with Crippen molar-refractivity contribution in [2.75, 3.05) is 6.61 Å². The van der Waals surface area contributed by atoms with Crippen molar-refractivity contribution in [3.63, 3.8) is 0 Å². The van der Waals surface area contributed by atoms with Crippen molar-refractivity contribution in [1.82, 2.24) is 15.1 Å². The van der Waals surface area contributed by atoms with Gasteiger partial charge in [0.25, 0.3) is 5.91 Å². The molecule has 0 spiro atoms. The van der Waals surface area contributed by atoms with Crippen LogP contribution in [0.2, 0.25) is 0 Å². The summed E-state index contributed by atoms with van der Waals surface area (Å²) in [5, 5.41) is 26.6. The van der Waals surface area contributed by atoms with Crippen molar-refractivity contribution >= 4 is 11.6 Å². The molecule has 0 aliphatic heterocycles. The van der Waals surface area contributed by atoms with Gasteiger partial charge in [0, 0.05) is 7.05 Å². The predicted octanol–water partition coefficient (Wildman–Crippen LogP) is 0.792. The highest BCUT2D eigenvalue weighted by atomic mass is 16.6. The Hall–Kier alpha value is -2.74. The molecule has 8 nitrogen and oxygen atoms in total. The molecular formula is C13H14N4O4. The van der Waals surface area contributed by atoms with E-state index in [4.69, 9.17) is 0 Å². The Balaban J connectivity index is 2.25. The Labute approximate surface area is 120 Å². The molecule has 0 saturated carbocycles. The van der Waals surface area contributed by atoms with E-state index >= 15 is 0 Å². The molecule has 1 atom stereocenters. The summed E-state index contributed by atoms with van der Waals surface area (Å²) in [6.45, 7) is -0.318. The van der Waals surface area contributed by atoms with Crippen LogP contribution in [0.25, 0.3) is 0 Å². The molecule has 1 aromatic carbocycles. The van der Waals surface area contributed by atoms with Crippen molar-refractivity contribution in [3.05, 3.63) is 57.9 Å². The fourth-order valence-corrected chi connectivity index (χ4v) is 1.97. The molecule has 21 heavy (non-hydrogen) atoms. The maximum absolute atomic E-state index is 12.2. The van der Waals surface area contributed by atoms with E-state index in [-0.39, 0.29) is 18.0 Å². The van der Waals surface area contributed by atoms with E-state index in [1.54, 1.807) is 24.3 Å². The number of nitrogens with one attached hydrogen (secondary N) is 1. The average molecular weight is 290 g/mol. The summed E-state index contributed by atoms with van der Waals surface area (Å²) < 4.78 is 1.13. The lowest BCUT2D eigenvalue weighted by molar-refractivity contribution is -0.385. The Kier molecular flexibility index (Phi) is 4.29. The molecule has 0 fully saturated rings. The van der Waals surface area contributed by atoms with Gasteiger partial charge in [-0.1, -0.05) is 30.3 Å². The largest absolute Gasteiger partial charge is 0.394 e. The predicted molar refractivity (Wildman–Crippen MR) is 73.6 cm³/mol. The van der Waals surface area contributed by atoms with Gasteiger partial charge in [-0.15, -0.1) is 0 Å². The molecule has 0 saturated heterocycles. The van der Waals surface area contributed by atoms with Gasteiger partial charge in [-0.25, -0.2) is 0 Å². The Morgan fingerprint density at radius 3 is 2.71 bits per heavy atom. The minimum atomic E-state index is -0.668. The number of nitro groups is 1. The van der Waals surface area contributed by atoms with Gasteiger partial charge >= 0.3 is 5.69 Å². The molecule has 1 aromatic heterocycles. The molecule has 2 rings (SSSR count). The second-order valence-corrected chi connectivity index (χ2v) is 4.38. The monoisotopic (exact) mass is 290 g/mol. The number of rotatable bonds is 5. The summed E-state index contributed by atoms with van der Waals surface area (Å²) >= 11 is 0. The SMILES string of the molecule is Cn1ncc([N+](=O)[O-])c1C(=O)N[C@H](CO)c1ccccc1. The summed E-state index contributed by atoms with van der Waals surface area (Å²) in [5.74, 6) is -0.662. The van der Waals surface area contributed by atoms with Crippen LogP contribution in [0, 0.1) is 10.1 Å². The number of aliphatic hydroxyl groups excluding tert-OH is 1. The molecule has 0 unspecified atom stereocenters. The number of carbonyl (C=O) groups excluding carboxylic acids is 1. The first-order valence-corrected chi connectivity index (χ1v) is 6.17. The maximum Gasteiger partial charge on any atom is 0.320 e. The zero-order valence-corrected chi connectivity index (χ0v) is 11.3. The van der Waals surface area contributed by atoms with Crippen LogP contribution in [0.1, 0.15) is 22.1 Å². The van der Waals surface area contributed by atoms with Crippen LogP contribution in [0.3, 0.4) is 0 Å². The van der Waals surface area contributed by atoms with Gasteiger partial charge in [0.1, 0.15) is 6.20 Å². The molecule has 110 valence electrons. The number of amides is 1. The minimum absolute atomic E-state index is 0.158. The van der Waals surface area contributed by atoms with Crippen molar-refractivity contribution < 1.29 is 14.8 Å². The van der Waals surface area contributed by atoms with Crippen molar-refractivity contribution in [2.45, 2.75) is 6.04 Å². The molecular weight excluding hydrogens is 276 g/mol. The van der Waals surface area contributed by atoms with Crippen LogP contribution in [-0.2, 0) is 7.05 Å². The van der Waals surface area contributed by atoms with Crippen molar-refractivity contribution in [2.24, 2.45) is 7.05 Å². The lowest BCUT2D eigenvalue weighted by atomic mass is 10.1. The summed E-state index contributed by atoms with van der Waals surface area (Å²) in [7, 11) is 1.44. The van der Waals surface area contributed by atoms with E-state index in [1.807, 2.05) is 6.07 Å². The van der Waals surface area contributed by atoms with Crippen LogP contribution >= 0.6 is 0 Å². The molecule has 0 bridgehead atoms. The third-order valence-corrected chi connectivity index (χ3v) is 3.02. The lowest BCUT2D eigenvalue weighted by Gasteiger charge is -2.16. The number of aryl methyl sites for hydroxylation is 1. The fraction of sp³-hybridized carbons (Fsp3) is 0.231. The van der Waals surface area contributed by atoms with Gasteiger partial charge in [-0.05, 0) is 5.56 Å². The van der Waals surface area contributed by atoms with Crippen LogP contribution in [-0.4, -0.2) is 32.3 Å². The second-order valence-electron chi connectivity index (χ2n) is 4.38. The number of hydrogen-bond acceptors (Lipinski definition) is 5. The van der Waals surface area contributed by atoms with Gasteiger partial charge < -0.3 is 10.4 Å². The highest BCUT2D eigenvalue weighted by molar-refractivity contribution is 5.96. The first-order valence-electron chi connectivity index (χ1n) is 6.17. The molecule has 1 heterocycles. The third-order valence-electron chi connectivity index (χ3n) is 3.02. The zero-order chi connectivity index (χ0) is 15.4. The highest BCUT2D eigenvalue weighted by Crippen LogP contribution is 2.19. The summed E-state index contributed by atoms with van der Waals surface area (Å²) in [5.41, 5.74) is 0.173. The number of aliphatic hydroxyl groups is 1. The number of hydrogen-bond donors (Lipinski definition) is 2. The van der Waals surface area contributed by atoms with E-state index < -0.39 is 16.9 Å². The average Bonchev–Trinajstić information content (AvgIpc) is 2.87. The highest BCUT2D eigenvalue weighted by Gasteiger charge is 2.27. The van der Waals surface area contributed by atoms with E-state index in [1.165, 1.54) is 7.05 Å². The van der Waals surface area contributed by atoms with Crippen LogP contribution in [0.15, 0.2) is 36.5 Å². The summed E-state index contributed by atoms with van der Waals surface area (Å²) in [4.78, 5) is 22.4. The first-order chi connectivity index (χ1) is 10.0. The molecule has 1 amide bonds. The normalized spacial score (nSPS) is 11.9. The summed E-state index contributed by atoms with van der Waals surface area (Å²) in [6.07, 6.45) is 1.02. The Morgan fingerprint density at radius 1 is 1.48 bits per heavy atom. The Morgan fingerprint density at radius 2 is 2.14 bits per heavy atom. The maximum atomic E-state index is 12.2. The number of aromatic nitrogens is 2. The smallest absolute Gasteiger partial charge is 0.320 e. The lowest BCUT2D eigenvalue weighted by Crippen LogP contribution is -2.32. The summed E-state index contributed by atoms with van der Waals surface area (Å²) in [6, 6.07) is 8.21. The molecule has 0 aliphatic carbocycles. The molecule has 8 heteroatoms. The minimum Gasteiger partial charge on any atom is -0.394 e. The van der Waals surface area contributed by atoms with Gasteiger partial charge in [-0.2, -0.15) is 5.10 Å². The van der Waals surface area contributed by atoms with E-state index in [0.717, 1.165) is 10.9 Å². The van der Waals surface area contributed by atoms with E-state index in [2.05, 4.69) is 10.4 Å². The van der Waals surface area contributed by atoms with Crippen LogP contribution < -0.4 is 5.32 Å². The van der Waals surface area contributed by atoms with Crippen molar-refractivity contribution in [3.8, 4) is 0 Å². The zero-order valence-electron chi connectivity index (χ0n) is 11.3. The quantitative estimate of drug-likeness (QED) is 0.625. The fourth-order valence-electron chi connectivity index (χ4n) is 1.97. The topological polar surface area (TPSA) is 110 Å². The molecule has 2 N–H and O–H groups in total. The molecule has 0 aliphatic rings. The van der Waals surface area contributed by atoms with E-state index in [0.29, 0.717) is 5.56 Å². The Bertz CT molecular complexity index is 653. The molecule has 2 aromatic rings. The second kappa shape index (κ2) is 6.14. The number of benzene rings is 1. The van der Waals surface area contributed by atoms with Crippen molar-refractivity contribution in [1.29, 1.82) is 0 Å². The van der Waals surface area contributed by atoms with Gasteiger partial charge in [0.2, 0.25) is 5.69 Å².